The van der Waals surface area contributed by atoms with Gasteiger partial charge in [0.25, 0.3) is 0 Å². The van der Waals surface area contributed by atoms with Gasteiger partial charge in [-0.2, -0.15) is 0 Å². The number of phenols is 2. The lowest BCUT2D eigenvalue weighted by atomic mass is 9.99. The summed E-state index contributed by atoms with van der Waals surface area (Å²) in [4.78, 5) is 11.8. The van der Waals surface area contributed by atoms with Gasteiger partial charge in [-0.1, -0.05) is 6.92 Å². The fourth-order valence-electron chi connectivity index (χ4n) is 2.15. The first-order chi connectivity index (χ1) is 8.04. The SMILES string of the molecule is CCCC(=O)c1c(O)cc2c(c1O)CC(C)O2. The van der Waals surface area contributed by atoms with Crippen molar-refractivity contribution in [2.75, 3.05) is 0 Å². The van der Waals surface area contributed by atoms with E-state index in [1.54, 1.807) is 0 Å². The van der Waals surface area contributed by atoms with Gasteiger partial charge in [0.15, 0.2) is 5.78 Å². The summed E-state index contributed by atoms with van der Waals surface area (Å²) < 4.78 is 5.43. The average molecular weight is 236 g/mol. The molecule has 92 valence electrons. The molecule has 1 aliphatic rings. The van der Waals surface area contributed by atoms with Gasteiger partial charge in [0.1, 0.15) is 28.9 Å². The van der Waals surface area contributed by atoms with Crippen LogP contribution < -0.4 is 4.74 Å². The second-order valence-electron chi connectivity index (χ2n) is 4.40. The van der Waals surface area contributed by atoms with E-state index in [4.69, 9.17) is 4.74 Å². The van der Waals surface area contributed by atoms with Crippen LogP contribution in [-0.2, 0) is 6.42 Å². The zero-order valence-corrected chi connectivity index (χ0v) is 9.99. The monoisotopic (exact) mass is 236 g/mol. The fraction of sp³-hybridized carbons (Fsp3) is 0.462. The van der Waals surface area contributed by atoms with Crippen molar-refractivity contribution in [3.05, 3.63) is 17.2 Å². The maximum Gasteiger partial charge on any atom is 0.170 e. The van der Waals surface area contributed by atoms with Gasteiger partial charge < -0.3 is 14.9 Å². The van der Waals surface area contributed by atoms with Crippen LogP contribution in [0, 0.1) is 0 Å². The number of phenolic OH excluding ortho intramolecular Hbond substituents is 2. The quantitative estimate of drug-likeness (QED) is 0.791. The van der Waals surface area contributed by atoms with Crippen LogP contribution in [0.15, 0.2) is 6.07 Å². The first-order valence-electron chi connectivity index (χ1n) is 5.82. The smallest absolute Gasteiger partial charge is 0.170 e. The summed E-state index contributed by atoms with van der Waals surface area (Å²) in [5.74, 6) is -0.0815. The molecule has 0 radical (unpaired) electrons. The van der Waals surface area contributed by atoms with Crippen LogP contribution in [0.1, 0.15) is 42.6 Å². The van der Waals surface area contributed by atoms with E-state index in [1.165, 1.54) is 6.07 Å². The number of aromatic hydroxyl groups is 2. The lowest BCUT2D eigenvalue weighted by Crippen LogP contribution is -2.05. The predicted molar refractivity (Wildman–Crippen MR) is 62.8 cm³/mol. The molecule has 1 aliphatic heterocycles. The molecule has 0 aliphatic carbocycles. The van der Waals surface area contributed by atoms with Crippen LogP contribution >= 0.6 is 0 Å². The van der Waals surface area contributed by atoms with Crippen molar-refractivity contribution in [2.45, 2.75) is 39.2 Å². The Morgan fingerprint density at radius 1 is 1.53 bits per heavy atom. The van der Waals surface area contributed by atoms with Gasteiger partial charge >= 0.3 is 0 Å². The summed E-state index contributed by atoms with van der Waals surface area (Å²) in [5.41, 5.74) is 0.651. The highest BCUT2D eigenvalue weighted by atomic mass is 16.5. The van der Waals surface area contributed by atoms with E-state index in [1.807, 2.05) is 13.8 Å². The third kappa shape index (κ3) is 1.95. The normalized spacial score (nSPS) is 17.6. The molecule has 0 saturated heterocycles. The number of benzene rings is 1. The van der Waals surface area contributed by atoms with E-state index in [-0.39, 0.29) is 28.9 Å². The highest BCUT2D eigenvalue weighted by Gasteiger charge is 2.28. The Bertz CT molecular complexity index is 465. The molecule has 1 aromatic carbocycles. The molecule has 0 amide bonds. The minimum atomic E-state index is -0.232. The molecule has 1 aromatic rings. The van der Waals surface area contributed by atoms with Crippen molar-refractivity contribution in [3.8, 4) is 17.2 Å². The molecule has 4 nitrogen and oxygen atoms in total. The van der Waals surface area contributed by atoms with E-state index in [0.717, 1.165) is 0 Å². The molecule has 1 unspecified atom stereocenters. The minimum absolute atomic E-state index is 0.0308. The summed E-state index contributed by atoms with van der Waals surface area (Å²) in [7, 11) is 0. The van der Waals surface area contributed by atoms with Crippen LogP contribution in [0.3, 0.4) is 0 Å². The van der Waals surface area contributed by atoms with Gasteiger partial charge in [-0.15, -0.1) is 0 Å². The molecule has 1 atom stereocenters. The molecule has 17 heavy (non-hydrogen) atoms. The number of ketones is 1. The molecular weight excluding hydrogens is 220 g/mol. The van der Waals surface area contributed by atoms with Crippen molar-refractivity contribution >= 4 is 5.78 Å². The van der Waals surface area contributed by atoms with Crippen molar-refractivity contribution in [1.82, 2.24) is 0 Å². The molecular formula is C13H16O4. The van der Waals surface area contributed by atoms with Crippen molar-refractivity contribution < 1.29 is 19.7 Å². The first kappa shape index (κ1) is 11.8. The van der Waals surface area contributed by atoms with E-state index in [9.17, 15) is 15.0 Å². The number of carbonyl (C=O) groups excluding carboxylic acids is 1. The van der Waals surface area contributed by atoms with E-state index >= 15 is 0 Å². The van der Waals surface area contributed by atoms with Crippen LogP contribution in [0.5, 0.6) is 17.2 Å². The van der Waals surface area contributed by atoms with Gasteiger partial charge in [0.05, 0.1) is 0 Å². The lowest BCUT2D eigenvalue weighted by Gasteiger charge is -2.09. The number of ether oxygens (including phenoxy) is 1. The Morgan fingerprint density at radius 2 is 2.24 bits per heavy atom. The highest BCUT2D eigenvalue weighted by Crippen LogP contribution is 2.43. The summed E-state index contributed by atoms with van der Waals surface area (Å²) in [6.45, 7) is 3.76. The standard InChI is InChI=1S/C13H16O4/c1-3-4-9(14)12-10(15)6-11-8(13(12)16)5-7(2)17-11/h6-7,15-16H,3-5H2,1-2H3. The topological polar surface area (TPSA) is 66.8 Å². The molecule has 0 saturated carbocycles. The number of Topliss-reactive ketones (excluding diaryl/α,β-unsaturated/α-hetero) is 1. The molecule has 2 N–H and O–H groups in total. The van der Waals surface area contributed by atoms with Gasteiger partial charge in [-0.3, -0.25) is 4.79 Å². The third-order valence-electron chi connectivity index (χ3n) is 2.92. The number of carbonyl (C=O) groups is 1. The Hall–Kier alpha value is -1.71. The molecule has 0 spiro atoms. The summed E-state index contributed by atoms with van der Waals surface area (Å²) in [5, 5.41) is 19.8. The highest BCUT2D eigenvalue weighted by molar-refractivity contribution is 6.02. The van der Waals surface area contributed by atoms with Gasteiger partial charge in [0, 0.05) is 24.5 Å². The van der Waals surface area contributed by atoms with Gasteiger partial charge in [-0.05, 0) is 13.3 Å². The molecule has 0 fully saturated rings. The molecule has 0 aromatic heterocycles. The second-order valence-corrected chi connectivity index (χ2v) is 4.40. The van der Waals surface area contributed by atoms with Crippen molar-refractivity contribution in [1.29, 1.82) is 0 Å². The second kappa shape index (κ2) is 4.28. The van der Waals surface area contributed by atoms with Gasteiger partial charge in [0.2, 0.25) is 0 Å². The first-order valence-corrected chi connectivity index (χ1v) is 5.82. The summed E-state index contributed by atoms with van der Waals surface area (Å²) >= 11 is 0. The van der Waals surface area contributed by atoms with Gasteiger partial charge in [-0.25, -0.2) is 0 Å². The summed E-state index contributed by atoms with van der Waals surface area (Å²) in [6, 6.07) is 1.42. The van der Waals surface area contributed by atoms with Crippen LogP contribution in [0.25, 0.3) is 0 Å². The van der Waals surface area contributed by atoms with Crippen LogP contribution in [0.4, 0.5) is 0 Å². The number of hydrogen-bond donors (Lipinski definition) is 2. The molecule has 4 heteroatoms. The van der Waals surface area contributed by atoms with Crippen molar-refractivity contribution in [3.63, 3.8) is 0 Å². The molecule has 2 rings (SSSR count). The van der Waals surface area contributed by atoms with Crippen LogP contribution in [0.2, 0.25) is 0 Å². The largest absolute Gasteiger partial charge is 0.507 e. The third-order valence-corrected chi connectivity index (χ3v) is 2.92. The summed E-state index contributed by atoms with van der Waals surface area (Å²) in [6.07, 6.45) is 1.53. The maximum absolute atomic E-state index is 11.8. The maximum atomic E-state index is 11.8. The molecule has 0 bridgehead atoms. The Balaban J connectivity index is 2.48. The minimum Gasteiger partial charge on any atom is -0.507 e. The average Bonchev–Trinajstić information content (AvgIpc) is 2.59. The lowest BCUT2D eigenvalue weighted by molar-refractivity contribution is 0.0976. The van der Waals surface area contributed by atoms with Crippen LogP contribution in [-0.4, -0.2) is 22.1 Å². The predicted octanol–water partition coefficient (Wildman–Crippen LogP) is 2.40. The Labute approximate surface area is 99.8 Å². The van der Waals surface area contributed by atoms with E-state index < -0.39 is 0 Å². The van der Waals surface area contributed by atoms with E-state index in [2.05, 4.69) is 0 Å². The zero-order valence-electron chi connectivity index (χ0n) is 9.99. The molecule has 1 heterocycles. The number of rotatable bonds is 3. The number of hydrogen-bond acceptors (Lipinski definition) is 4. The Morgan fingerprint density at radius 3 is 2.88 bits per heavy atom. The van der Waals surface area contributed by atoms with Crippen molar-refractivity contribution in [2.24, 2.45) is 0 Å². The fourth-order valence-corrected chi connectivity index (χ4v) is 2.15. The Kier molecular flexibility index (Phi) is 2.96. The van der Waals surface area contributed by atoms with E-state index in [0.29, 0.717) is 30.6 Å². The zero-order chi connectivity index (χ0) is 12.6. The number of fused-ring (bicyclic) bond motifs is 1.